The van der Waals surface area contributed by atoms with Crippen LogP contribution in [0.1, 0.15) is 52.7 Å². The van der Waals surface area contributed by atoms with Gasteiger partial charge in [0.1, 0.15) is 8.07 Å². The van der Waals surface area contributed by atoms with Crippen LogP contribution < -0.4 is 21.3 Å². The Morgan fingerprint density at radius 3 is 1.35 bits per heavy atom. The van der Waals surface area contributed by atoms with Crippen molar-refractivity contribution < 1.29 is 0 Å². The van der Waals surface area contributed by atoms with Crippen LogP contribution in [0.25, 0.3) is 21.8 Å². The Hall–Kier alpha value is -3.04. The molecule has 0 radical (unpaired) electrons. The van der Waals surface area contributed by atoms with Crippen molar-refractivity contribution in [3.63, 3.8) is 0 Å². The molecule has 0 saturated carbocycles. The van der Waals surface area contributed by atoms with Gasteiger partial charge in [-0.15, -0.1) is 0 Å². The van der Waals surface area contributed by atoms with Gasteiger partial charge in [-0.05, 0) is 22.0 Å². The molecule has 1 aromatic heterocycles. The van der Waals surface area contributed by atoms with E-state index in [1.165, 1.54) is 43.9 Å². The van der Waals surface area contributed by atoms with Crippen molar-refractivity contribution in [3.05, 3.63) is 96.1 Å². The first-order chi connectivity index (χ1) is 17.4. The van der Waals surface area contributed by atoms with Crippen LogP contribution in [0.5, 0.6) is 0 Å². The molecule has 0 spiro atoms. The number of hydrogen-bond acceptors (Lipinski definition) is 0. The number of aromatic nitrogens is 1. The second-order valence-corrected chi connectivity index (χ2v) is 17.8. The summed E-state index contributed by atoms with van der Waals surface area (Å²) in [5.74, 6) is 0. The van der Waals surface area contributed by atoms with Crippen LogP contribution in [0.4, 0.5) is 0 Å². The minimum atomic E-state index is -1.83. The molecule has 0 saturated heterocycles. The third-order valence-corrected chi connectivity index (χ3v) is 12.2. The van der Waals surface area contributed by atoms with E-state index in [4.69, 9.17) is 0 Å². The molecule has 1 aliphatic rings. The maximum absolute atomic E-state index is 2.74. The fourth-order valence-electron chi connectivity index (χ4n) is 6.82. The van der Waals surface area contributed by atoms with E-state index in [2.05, 4.69) is 144 Å². The zero-order valence-corrected chi connectivity index (χ0v) is 24.6. The van der Waals surface area contributed by atoms with Crippen LogP contribution in [0.3, 0.4) is 0 Å². The van der Waals surface area contributed by atoms with E-state index < -0.39 is 8.07 Å². The Balaban J connectivity index is 1.88. The molecular formula is C34H38BNSi. The van der Waals surface area contributed by atoms with Crippen molar-refractivity contribution in [2.24, 2.45) is 0 Å². The molecule has 6 rings (SSSR count). The molecule has 5 aromatic rings. The highest BCUT2D eigenvalue weighted by Gasteiger charge is 2.43. The van der Waals surface area contributed by atoms with Crippen LogP contribution in [0.2, 0.25) is 13.1 Å². The van der Waals surface area contributed by atoms with E-state index in [0.29, 0.717) is 0 Å². The van der Waals surface area contributed by atoms with E-state index in [1.807, 2.05) is 0 Å². The van der Waals surface area contributed by atoms with Crippen molar-refractivity contribution in [2.75, 3.05) is 0 Å². The van der Waals surface area contributed by atoms with E-state index in [-0.39, 0.29) is 17.7 Å². The molecular weight excluding hydrogens is 461 g/mol. The maximum Gasteiger partial charge on any atom is 0.328 e. The van der Waals surface area contributed by atoms with E-state index >= 15 is 0 Å². The lowest BCUT2D eigenvalue weighted by atomic mass is 9.49. The summed E-state index contributed by atoms with van der Waals surface area (Å²) >= 11 is 0. The number of rotatable bonds is 1. The van der Waals surface area contributed by atoms with E-state index in [0.717, 1.165) is 0 Å². The van der Waals surface area contributed by atoms with Gasteiger partial charge >= 0.3 is 6.85 Å². The van der Waals surface area contributed by atoms with Crippen LogP contribution in [-0.4, -0.2) is 19.4 Å². The molecule has 0 amide bonds. The van der Waals surface area contributed by atoms with Crippen LogP contribution in [0, 0.1) is 0 Å². The molecule has 1 nitrogen and oxygen atoms in total. The molecule has 1 aliphatic heterocycles. The first kappa shape index (κ1) is 24.3. The summed E-state index contributed by atoms with van der Waals surface area (Å²) in [6.45, 7) is 19.3. The predicted molar refractivity (Wildman–Crippen MR) is 167 cm³/mol. The molecule has 4 aromatic carbocycles. The van der Waals surface area contributed by atoms with Gasteiger partial charge < -0.3 is 4.48 Å². The average Bonchev–Trinajstić information content (AvgIpc) is 3.18. The van der Waals surface area contributed by atoms with E-state index in [1.54, 1.807) is 10.4 Å². The van der Waals surface area contributed by atoms with Gasteiger partial charge in [0.25, 0.3) is 0 Å². The van der Waals surface area contributed by atoms with Crippen molar-refractivity contribution in [1.29, 1.82) is 0 Å². The van der Waals surface area contributed by atoms with Crippen molar-refractivity contribution in [3.8, 4) is 0 Å². The highest BCUT2D eigenvalue weighted by molar-refractivity contribution is 7.11. The molecule has 0 aliphatic carbocycles. The summed E-state index contributed by atoms with van der Waals surface area (Å²) in [6.07, 6.45) is 0. The third kappa shape index (κ3) is 3.50. The lowest BCUT2D eigenvalue weighted by Crippen LogP contribution is -2.75. The molecule has 0 fully saturated rings. The minimum absolute atomic E-state index is 0.0231. The number of fused-ring (bicyclic) bond motifs is 5. The minimum Gasteiger partial charge on any atom is -0.375 e. The lowest BCUT2D eigenvalue weighted by Gasteiger charge is -2.38. The monoisotopic (exact) mass is 499 g/mol. The molecule has 0 N–H and O–H groups in total. The standard InChI is InChI=1S/C34H38BNSi/c1-33(2,3)25-17-13-15-23-24-16-14-18-26(34(4,5)6)32(24)36(31(23)25)35-27-19-9-11-21-29(27)37(7,8)30-22-12-10-20-28(30)35/h9-22H,1-8H3. The third-order valence-electron chi connectivity index (χ3n) is 8.58. The largest absolute Gasteiger partial charge is 0.375 e. The average molecular weight is 500 g/mol. The quantitative estimate of drug-likeness (QED) is 0.243. The Kier molecular flexibility index (Phi) is 5.24. The van der Waals surface area contributed by atoms with Crippen molar-refractivity contribution >= 4 is 58.0 Å². The molecule has 2 heterocycles. The van der Waals surface area contributed by atoms with Gasteiger partial charge in [-0.25, -0.2) is 0 Å². The van der Waals surface area contributed by atoms with Gasteiger partial charge in [-0.2, -0.15) is 0 Å². The van der Waals surface area contributed by atoms with Crippen molar-refractivity contribution in [2.45, 2.75) is 65.5 Å². The van der Waals surface area contributed by atoms with Gasteiger partial charge in [0, 0.05) is 21.8 Å². The second kappa shape index (κ2) is 7.98. The normalized spacial score (nSPS) is 15.2. The number of nitrogens with zero attached hydrogens (tertiary/aromatic N) is 1. The van der Waals surface area contributed by atoms with Crippen LogP contribution in [0.15, 0.2) is 84.9 Å². The van der Waals surface area contributed by atoms with Gasteiger partial charge in [0.2, 0.25) is 0 Å². The molecule has 0 unspecified atom stereocenters. The fourth-order valence-corrected chi connectivity index (χ4v) is 10.0. The molecule has 3 heteroatoms. The summed E-state index contributed by atoms with van der Waals surface area (Å²) in [4.78, 5) is 0. The number of para-hydroxylation sites is 2. The maximum atomic E-state index is 2.74. The fraction of sp³-hybridized carbons (Fsp3) is 0.294. The zero-order chi connectivity index (χ0) is 26.3. The van der Waals surface area contributed by atoms with Crippen LogP contribution in [-0.2, 0) is 10.8 Å². The summed E-state index contributed by atoms with van der Waals surface area (Å²) in [7, 11) is -1.83. The Labute approximate surface area is 223 Å². The van der Waals surface area contributed by atoms with Gasteiger partial charge in [-0.1, -0.05) is 161 Å². The predicted octanol–water partition coefficient (Wildman–Crippen LogP) is 6.18. The van der Waals surface area contributed by atoms with Gasteiger partial charge in [0.15, 0.2) is 0 Å². The topological polar surface area (TPSA) is 4.93 Å². The van der Waals surface area contributed by atoms with Gasteiger partial charge in [0.05, 0.1) is 0 Å². The first-order valence-electron chi connectivity index (χ1n) is 13.7. The molecule has 0 bridgehead atoms. The Morgan fingerprint density at radius 2 is 0.946 bits per heavy atom. The highest BCUT2D eigenvalue weighted by Crippen LogP contribution is 2.40. The Morgan fingerprint density at radius 1 is 0.541 bits per heavy atom. The summed E-state index contributed by atoms with van der Waals surface area (Å²) < 4.78 is 2.74. The zero-order valence-electron chi connectivity index (χ0n) is 23.6. The second-order valence-electron chi connectivity index (χ2n) is 13.5. The highest BCUT2D eigenvalue weighted by atomic mass is 28.3. The number of hydrogen-bond donors (Lipinski definition) is 0. The number of benzene rings is 4. The van der Waals surface area contributed by atoms with Crippen LogP contribution >= 0.6 is 0 Å². The SMILES string of the molecule is CC(C)(C)c1cccc2c3cccc(C(C)(C)C)c3n(B3c4ccccc4[Si](C)(C)c4ccccc43)c12. The first-order valence-corrected chi connectivity index (χ1v) is 16.7. The molecule has 186 valence electrons. The van der Waals surface area contributed by atoms with Crippen molar-refractivity contribution in [1.82, 2.24) is 4.48 Å². The molecule has 37 heavy (non-hydrogen) atoms. The van der Waals surface area contributed by atoms with E-state index in [9.17, 15) is 0 Å². The summed E-state index contributed by atoms with van der Waals surface area (Å²) in [6, 6.07) is 32.5. The Bertz CT molecular complexity index is 1560. The van der Waals surface area contributed by atoms with Gasteiger partial charge in [-0.3, -0.25) is 0 Å². The smallest absolute Gasteiger partial charge is 0.328 e. The summed E-state index contributed by atoms with van der Waals surface area (Å²) in [5.41, 5.74) is 8.60. The lowest BCUT2D eigenvalue weighted by molar-refractivity contribution is 0.592. The summed E-state index contributed by atoms with van der Waals surface area (Å²) in [5, 5.41) is 5.86. The molecule has 0 atom stereocenters.